The minimum atomic E-state index is -0.542. The Morgan fingerprint density at radius 2 is 2.14 bits per heavy atom. The molecule has 0 aliphatic rings. The summed E-state index contributed by atoms with van der Waals surface area (Å²) >= 11 is 9.06. The number of nitro benzene ring substituents is 1. The number of hydrogen-bond acceptors (Lipinski definition) is 4. The molecule has 0 aliphatic carbocycles. The fourth-order valence-corrected chi connectivity index (χ4v) is 2.31. The topological polar surface area (TPSA) is 85.1 Å². The molecule has 2 rings (SSSR count). The van der Waals surface area contributed by atoms with Gasteiger partial charge in [0.1, 0.15) is 0 Å². The molecule has 0 saturated heterocycles. The largest absolute Gasteiger partial charge is 0.322 e. The molecule has 0 spiro atoms. The van der Waals surface area contributed by atoms with Crippen LogP contribution < -0.4 is 5.32 Å². The number of halogens is 2. The van der Waals surface area contributed by atoms with E-state index in [2.05, 4.69) is 26.2 Å². The van der Waals surface area contributed by atoms with Crippen LogP contribution in [0.2, 0.25) is 5.02 Å². The minimum Gasteiger partial charge on any atom is -0.322 e. The number of carbonyl (C=O) groups is 1. The number of rotatable bonds is 3. The van der Waals surface area contributed by atoms with Gasteiger partial charge in [-0.3, -0.25) is 19.9 Å². The lowest BCUT2D eigenvalue weighted by Crippen LogP contribution is -2.13. The second-order valence-electron chi connectivity index (χ2n) is 4.18. The third kappa shape index (κ3) is 3.56. The maximum absolute atomic E-state index is 12.1. The molecule has 0 aliphatic heterocycles. The molecular weight excluding hydrogens is 362 g/mol. The van der Waals surface area contributed by atoms with Crippen LogP contribution in [0.1, 0.15) is 16.1 Å². The van der Waals surface area contributed by atoms with Crippen LogP contribution in [0, 0.1) is 17.0 Å². The number of nitro groups is 1. The van der Waals surface area contributed by atoms with Crippen molar-refractivity contribution >= 4 is 44.8 Å². The van der Waals surface area contributed by atoms with Crippen molar-refractivity contribution in [1.29, 1.82) is 0 Å². The summed E-state index contributed by atoms with van der Waals surface area (Å²) < 4.78 is 0.334. The Morgan fingerprint density at radius 1 is 1.43 bits per heavy atom. The van der Waals surface area contributed by atoms with Crippen LogP contribution in [0.25, 0.3) is 0 Å². The lowest BCUT2D eigenvalue weighted by atomic mass is 10.2. The molecule has 0 atom stereocenters. The molecule has 0 unspecified atom stereocenters. The number of anilines is 1. The van der Waals surface area contributed by atoms with Crippen LogP contribution in [-0.4, -0.2) is 15.8 Å². The van der Waals surface area contributed by atoms with E-state index in [1.807, 2.05) is 0 Å². The monoisotopic (exact) mass is 369 g/mol. The standard InChI is InChI=1S/C13H9BrClN3O3/c1-7-4-11(15)9(6-16-7)13(19)17-8-2-3-10(14)12(5-8)18(20)21/h2-6H,1H3,(H,17,19). The summed E-state index contributed by atoms with van der Waals surface area (Å²) in [6.07, 6.45) is 1.36. The maximum atomic E-state index is 12.1. The summed E-state index contributed by atoms with van der Waals surface area (Å²) in [7, 11) is 0. The summed E-state index contributed by atoms with van der Waals surface area (Å²) in [5.41, 5.74) is 1.05. The summed E-state index contributed by atoms with van der Waals surface area (Å²) in [4.78, 5) is 26.4. The number of pyridine rings is 1. The predicted molar refractivity (Wildman–Crippen MR) is 82.7 cm³/mol. The summed E-state index contributed by atoms with van der Waals surface area (Å²) in [5, 5.41) is 13.7. The van der Waals surface area contributed by atoms with Gasteiger partial charge in [-0.2, -0.15) is 0 Å². The van der Waals surface area contributed by atoms with Gasteiger partial charge in [-0.05, 0) is 41.1 Å². The van der Waals surface area contributed by atoms with Crippen molar-refractivity contribution in [2.75, 3.05) is 5.32 Å². The van der Waals surface area contributed by atoms with E-state index in [1.54, 1.807) is 19.1 Å². The first-order chi connectivity index (χ1) is 9.88. The second-order valence-corrected chi connectivity index (χ2v) is 5.44. The van der Waals surface area contributed by atoms with E-state index in [0.717, 1.165) is 0 Å². The molecule has 0 fully saturated rings. The number of nitrogens with zero attached hydrogens (tertiary/aromatic N) is 2. The normalized spacial score (nSPS) is 10.2. The zero-order valence-corrected chi connectivity index (χ0v) is 13.1. The third-order valence-electron chi connectivity index (χ3n) is 2.64. The Balaban J connectivity index is 2.27. The van der Waals surface area contributed by atoms with Crippen molar-refractivity contribution in [3.8, 4) is 0 Å². The van der Waals surface area contributed by atoms with Crippen molar-refractivity contribution < 1.29 is 9.72 Å². The Labute approximate surface area is 133 Å². The summed E-state index contributed by atoms with van der Waals surface area (Å²) in [5.74, 6) is -0.482. The predicted octanol–water partition coefficient (Wildman–Crippen LogP) is 3.97. The fraction of sp³-hybridized carbons (Fsp3) is 0.0769. The molecule has 21 heavy (non-hydrogen) atoms. The number of amides is 1. The van der Waals surface area contributed by atoms with Gasteiger partial charge in [0.05, 0.1) is 20.0 Å². The Bertz CT molecular complexity index is 737. The molecule has 6 nitrogen and oxygen atoms in total. The molecule has 0 saturated carbocycles. The van der Waals surface area contributed by atoms with Crippen LogP contribution in [0.15, 0.2) is 34.9 Å². The van der Waals surface area contributed by atoms with Crippen molar-refractivity contribution in [2.45, 2.75) is 6.92 Å². The highest BCUT2D eigenvalue weighted by Crippen LogP contribution is 2.28. The first kappa shape index (κ1) is 15.4. The van der Waals surface area contributed by atoms with E-state index in [4.69, 9.17) is 11.6 Å². The van der Waals surface area contributed by atoms with Crippen molar-refractivity contribution in [3.05, 3.63) is 61.3 Å². The molecule has 8 heteroatoms. The third-order valence-corrected chi connectivity index (χ3v) is 3.62. The van der Waals surface area contributed by atoms with Gasteiger partial charge in [0, 0.05) is 23.6 Å². The molecule has 2 aromatic rings. The van der Waals surface area contributed by atoms with Gasteiger partial charge < -0.3 is 5.32 Å². The molecule has 0 bridgehead atoms. The van der Waals surface area contributed by atoms with Crippen molar-refractivity contribution in [1.82, 2.24) is 4.98 Å². The van der Waals surface area contributed by atoms with Crippen LogP contribution in [0.5, 0.6) is 0 Å². The van der Waals surface area contributed by atoms with Gasteiger partial charge in [0.15, 0.2) is 0 Å². The first-order valence-corrected chi connectivity index (χ1v) is 6.93. The molecule has 1 heterocycles. The molecule has 1 aromatic heterocycles. The molecule has 1 N–H and O–H groups in total. The van der Waals surface area contributed by atoms with Crippen molar-refractivity contribution in [3.63, 3.8) is 0 Å². The van der Waals surface area contributed by atoms with Gasteiger partial charge in [0.25, 0.3) is 11.6 Å². The summed E-state index contributed by atoms with van der Waals surface area (Å²) in [6, 6.07) is 5.87. The van der Waals surface area contributed by atoms with Gasteiger partial charge >= 0.3 is 0 Å². The fourth-order valence-electron chi connectivity index (χ4n) is 1.62. The number of aryl methyl sites for hydroxylation is 1. The van der Waals surface area contributed by atoms with E-state index in [9.17, 15) is 14.9 Å². The average Bonchev–Trinajstić information content (AvgIpc) is 2.40. The quantitative estimate of drug-likeness (QED) is 0.654. The van der Waals surface area contributed by atoms with E-state index in [0.29, 0.717) is 15.9 Å². The van der Waals surface area contributed by atoms with Gasteiger partial charge in [-0.1, -0.05) is 11.6 Å². The molecular formula is C13H9BrClN3O3. The van der Waals surface area contributed by atoms with Crippen LogP contribution >= 0.6 is 27.5 Å². The van der Waals surface area contributed by atoms with Crippen LogP contribution in [0.3, 0.4) is 0 Å². The van der Waals surface area contributed by atoms with Crippen LogP contribution in [-0.2, 0) is 0 Å². The first-order valence-electron chi connectivity index (χ1n) is 5.76. The average molecular weight is 371 g/mol. The van der Waals surface area contributed by atoms with E-state index < -0.39 is 10.8 Å². The molecule has 1 amide bonds. The zero-order valence-electron chi connectivity index (χ0n) is 10.8. The Hall–Kier alpha value is -1.99. The van der Waals surface area contributed by atoms with E-state index in [-0.39, 0.29) is 16.3 Å². The molecule has 1 aromatic carbocycles. The van der Waals surface area contributed by atoms with Gasteiger partial charge in [-0.25, -0.2) is 0 Å². The maximum Gasteiger partial charge on any atom is 0.285 e. The SMILES string of the molecule is Cc1cc(Cl)c(C(=O)Nc2ccc(Br)c([N+](=O)[O-])c2)cn1. The Morgan fingerprint density at radius 3 is 2.76 bits per heavy atom. The highest BCUT2D eigenvalue weighted by molar-refractivity contribution is 9.10. The number of hydrogen-bond donors (Lipinski definition) is 1. The van der Waals surface area contributed by atoms with E-state index in [1.165, 1.54) is 18.3 Å². The highest BCUT2D eigenvalue weighted by Gasteiger charge is 2.15. The smallest absolute Gasteiger partial charge is 0.285 e. The van der Waals surface area contributed by atoms with E-state index >= 15 is 0 Å². The number of aromatic nitrogens is 1. The highest BCUT2D eigenvalue weighted by atomic mass is 79.9. The van der Waals surface area contributed by atoms with Crippen LogP contribution in [0.4, 0.5) is 11.4 Å². The zero-order chi connectivity index (χ0) is 15.6. The molecule has 0 radical (unpaired) electrons. The number of carbonyl (C=O) groups excluding carboxylic acids is 1. The number of benzene rings is 1. The summed E-state index contributed by atoms with van der Waals surface area (Å²) in [6.45, 7) is 1.76. The Kier molecular flexibility index (Phi) is 4.54. The van der Waals surface area contributed by atoms with Gasteiger partial charge in [0.2, 0.25) is 0 Å². The lowest BCUT2D eigenvalue weighted by Gasteiger charge is -2.07. The number of nitrogens with one attached hydrogen (secondary N) is 1. The van der Waals surface area contributed by atoms with Gasteiger partial charge in [-0.15, -0.1) is 0 Å². The minimum absolute atomic E-state index is 0.138. The molecule has 108 valence electrons. The van der Waals surface area contributed by atoms with Crippen molar-refractivity contribution in [2.24, 2.45) is 0 Å². The second kappa shape index (κ2) is 6.19. The lowest BCUT2D eigenvalue weighted by molar-refractivity contribution is -0.385.